The Hall–Kier alpha value is -4.33. The van der Waals surface area contributed by atoms with Crippen LogP contribution >= 0.6 is 0 Å². The SMILES string of the molecule is CC(C)c1ccc(NC2=C(c3ccc([N+](=O)[O-])cc3)C(=O)N(Cc3ccccc3F)C2=O)cc1. The molecular formula is C26H22FN3O4. The van der Waals surface area contributed by atoms with Gasteiger partial charge in [0.25, 0.3) is 17.5 Å². The van der Waals surface area contributed by atoms with Crippen molar-refractivity contribution in [2.75, 3.05) is 5.32 Å². The molecule has 0 aliphatic carbocycles. The molecule has 0 aromatic heterocycles. The van der Waals surface area contributed by atoms with Crippen molar-refractivity contribution < 1.29 is 18.9 Å². The molecule has 0 spiro atoms. The maximum absolute atomic E-state index is 14.2. The lowest BCUT2D eigenvalue weighted by Gasteiger charge is -2.16. The summed E-state index contributed by atoms with van der Waals surface area (Å²) in [5, 5.41) is 14.1. The third-order valence-corrected chi connectivity index (χ3v) is 5.67. The van der Waals surface area contributed by atoms with Gasteiger partial charge in [0.05, 0.1) is 17.0 Å². The van der Waals surface area contributed by atoms with Crippen LogP contribution in [0.25, 0.3) is 5.57 Å². The number of imide groups is 1. The highest BCUT2D eigenvalue weighted by Crippen LogP contribution is 2.33. The molecule has 0 radical (unpaired) electrons. The van der Waals surface area contributed by atoms with E-state index in [1.54, 1.807) is 6.07 Å². The monoisotopic (exact) mass is 459 g/mol. The maximum atomic E-state index is 14.2. The van der Waals surface area contributed by atoms with Crippen LogP contribution in [0.15, 0.2) is 78.5 Å². The summed E-state index contributed by atoms with van der Waals surface area (Å²) in [5.41, 5.74) is 2.24. The van der Waals surface area contributed by atoms with Crippen molar-refractivity contribution in [2.45, 2.75) is 26.3 Å². The van der Waals surface area contributed by atoms with Crippen LogP contribution in [0.3, 0.4) is 0 Å². The van der Waals surface area contributed by atoms with Gasteiger partial charge in [0, 0.05) is 23.4 Å². The van der Waals surface area contributed by atoms with Crippen molar-refractivity contribution in [1.82, 2.24) is 4.90 Å². The van der Waals surface area contributed by atoms with E-state index in [4.69, 9.17) is 0 Å². The number of non-ortho nitro benzene ring substituents is 1. The summed E-state index contributed by atoms with van der Waals surface area (Å²) in [6.45, 7) is 3.90. The average Bonchev–Trinajstić information content (AvgIpc) is 3.05. The Morgan fingerprint density at radius 3 is 2.18 bits per heavy atom. The van der Waals surface area contributed by atoms with Crippen molar-refractivity contribution in [3.05, 3.63) is 111 Å². The Bertz CT molecular complexity index is 1300. The number of nitrogens with one attached hydrogen (secondary N) is 1. The number of benzene rings is 3. The van der Waals surface area contributed by atoms with Gasteiger partial charge in [-0.1, -0.05) is 44.2 Å². The van der Waals surface area contributed by atoms with E-state index in [0.717, 1.165) is 10.5 Å². The Morgan fingerprint density at radius 1 is 0.941 bits per heavy atom. The zero-order chi connectivity index (χ0) is 24.4. The van der Waals surface area contributed by atoms with Gasteiger partial charge in [-0.15, -0.1) is 0 Å². The Labute approximate surface area is 195 Å². The highest BCUT2D eigenvalue weighted by Gasteiger charge is 2.39. The van der Waals surface area contributed by atoms with Crippen molar-refractivity contribution in [1.29, 1.82) is 0 Å². The zero-order valence-electron chi connectivity index (χ0n) is 18.6. The molecule has 0 fully saturated rings. The van der Waals surface area contributed by atoms with Gasteiger partial charge in [0.2, 0.25) is 0 Å². The third-order valence-electron chi connectivity index (χ3n) is 5.67. The van der Waals surface area contributed by atoms with Crippen molar-refractivity contribution in [3.63, 3.8) is 0 Å². The number of amides is 2. The number of nitrogens with zero attached hydrogens (tertiary/aromatic N) is 2. The summed E-state index contributed by atoms with van der Waals surface area (Å²) >= 11 is 0. The first kappa shape index (κ1) is 22.8. The van der Waals surface area contributed by atoms with Crippen LogP contribution in [0.4, 0.5) is 15.8 Å². The molecular weight excluding hydrogens is 437 g/mol. The predicted molar refractivity (Wildman–Crippen MR) is 126 cm³/mol. The van der Waals surface area contributed by atoms with E-state index < -0.39 is 22.6 Å². The number of halogens is 1. The first-order valence-electron chi connectivity index (χ1n) is 10.7. The van der Waals surface area contributed by atoms with Crippen LogP contribution in [0.5, 0.6) is 0 Å². The molecule has 0 bridgehead atoms. The number of hydrogen-bond acceptors (Lipinski definition) is 5. The number of anilines is 1. The van der Waals surface area contributed by atoms with Crippen LogP contribution in [0.1, 0.15) is 36.5 Å². The maximum Gasteiger partial charge on any atom is 0.278 e. The average molecular weight is 459 g/mol. The third kappa shape index (κ3) is 4.43. The van der Waals surface area contributed by atoms with Gasteiger partial charge in [-0.3, -0.25) is 24.6 Å². The first-order valence-corrected chi connectivity index (χ1v) is 10.7. The second kappa shape index (κ2) is 9.27. The molecule has 0 saturated heterocycles. The van der Waals surface area contributed by atoms with E-state index >= 15 is 0 Å². The van der Waals surface area contributed by atoms with Crippen molar-refractivity contribution in [2.24, 2.45) is 0 Å². The molecule has 2 amide bonds. The minimum absolute atomic E-state index is 0.0347. The number of carbonyl (C=O) groups excluding carboxylic acids is 2. The molecule has 7 nitrogen and oxygen atoms in total. The van der Waals surface area contributed by atoms with Crippen LogP contribution in [0, 0.1) is 15.9 Å². The fraction of sp³-hybridized carbons (Fsp3) is 0.154. The van der Waals surface area contributed by atoms with Crippen molar-refractivity contribution in [3.8, 4) is 0 Å². The molecule has 1 heterocycles. The lowest BCUT2D eigenvalue weighted by molar-refractivity contribution is -0.384. The van der Waals surface area contributed by atoms with E-state index in [9.17, 15) is 24.1 Å². The molecule has 8 heteroatoms. The van der Waals surface area contributed by atoms with Gasteiger partial charge >= 0.3 is 0 Å². The standard InChI is InChI=1S/C26H22FN3O4/c1-16(2)17-7-11-20(12-8-17)28-24-23(18-9-13-21(14-10-18)30(33)34)25(31)29(26(24)32)15-19-5-3-4-6-22(19)27/h3-14,16,28H,15H2,1-2H3. The van der Waals surface area contributed by atoms with E-state index in [0.29, 0.717) is 17.2 Å². The normalized spacial score (nSPS) is 13.7. The molecule has 0 atom stereocenters. The lowest BCUT2D eigenvalue weighted by Crippen LogP contribution is -2.32. The highest BCUT2D eigenvalue weighted by atomic mass is 19.1. The van der Waals surface area contributed by atoms with Gasteiger partial charge in [0.1, 0.15) is 11.5 Å². The minimum Gasteiger partial charge on any atom is -0.350 e. The molecule has 1 N–H and O–H groups in total. The Morgan fingerprint density at radius 2 is 1.59 bits per heavy atom. The first-order chi connectivity index (χ1) is 16.3. The fourth-order valence-corrected chi connectivity index (χ4v) is 3.75. The minimum atomic E-state index is -0.608. The number of hydrogen-bond donors (Lipinski definition) is 1. The molecule has 3 aromatic carbocycles. The van der Waals surface area contributed by atoms with Crippen LogP contribution < -0.4 is 5.32 Å². The molecule has 34 heavy (non-hydrogen) atoms. The molecule has 1 aliphatic rings. The summed E-state index contributed by atoms with van der Waals surface area (Å²) in [6.07, 6.45) is 0. The van der Waals surface area contributed by atoms with E-state index in [-0.39, 0.29) is 29.1 Å². The van der Waals surface area contributed by atoms with Crippen LogP contribution in [0.2, 0.25) is 0 Å². The molecule has 0 saturated carbocycles. The van der Waals surface area contributed by atoms with Crippen LogP contribution in [-0.4, -0.2) is 21.6 Å². The van der Waals surface area contributed by atoms with Gasteiger partial charge in [0.15, 0.2) is 0 Å². The summed E-state index contributed by atoms with van der Waals surface area (Å²) in [7, 11) is 0. The van der Waals surface area contributed by atoms with Gasteiger partial charge in [-0.05, 0) is 47.4 Å². The summed E-state index contributed by atoms with van der Waals surface area (Å²) < 4.78 is 14.2. The highest BCUT2D eigenvalue weighted by molar-refractivity contribution is 6.36. The largest absolute Gasteiger partial charge is 0.350 e. The second-order valence-corrected chi connectivity index (χ2v) is 8.24. The van der Waals surface area contributed by atoms with Crippen LogP contribution in [-0.2, 0) is 16.1 Å². The Balaban J connectivity index is 1.73. The quantitative estimate of drug-likeness (QED) is 0.296. The summed E-state index contributed by atoms with van der Waals surface area (Å²) in [4.78, 5) is 38.1. The fourth-order valence-electron chi connectivity index (χ4n) is 3.75. The smallest absolute Gasteiger partial charge is 0.278 e. The lowest BCUT2D eigenvalue weighted by atomic mass is 10.0. The number of nitro benzene ring substituents is 1. The number of rotatable bonds is 7. The van der Waals surface area contributed by atoms with E-state index in [1.165, 1.54) is 42.5 Å². The molecule has 0 unspecified atom stereocenters. The van der Waals surface area contributed by atoms with Gasteiger partial charge in [-0.2, -0.15) is 0 Å². The molecule has 3 aromatic rings. The number of nitro groups is 1. The van der Waals surface area contributed by atoms with E-state index in [1.807, 2.05) is 24.3 Å². The van der Waals surface area contributed by atoms with Gasteiger partial charge in [-0.25, -0.2) is 4.39 Å². The second-order valence-electron chi connectivity index (χ2n) is 8.24. The van der Waals surface area contributed by atoms with Crippen molar-refractivity contribution >= 4 is 28.8 Å². The molecule has 4 rings (SSSR count). The summed E-state index contributed by atoms with van der Waals surface area (Å²) in [6, 6.07) is 18.8. The predicted octanol–water partition coefficient (Wildman–Crippen LogP) is 5.25. The molecule has 172 valence electrons. The van der Waals surface area contributed by atoms with Gasteiger partial charge < -0.3 is 5.32 Å². The zero-order valence-corrected chi connectivity index (χ0v) is 18.6. The Kier molecular flexibility index (Phi) is 6.23. The molecule has 1 aliphatic heterocycles. The topological polar surface area (TPSA) is 92.6 Å². The summed E-state index contributed by atoms with van der Waals surface area (Å²) in [5.74, 6) is -1.40. The number of carbonyl (C=O) groups is 2. The van der Waals surface area contributed by atoms with E-state index in [2.05, 4.69) is 19.2 Å².